The maximum absolute atomic E-state index is 12.2. The molecule has 0 saturated carbocycles. The van der Waals surface area contributed by atoms with Gasteiger partial charge in [-0.1, -0.05) is 25.1 Å². The van der Waals surface area contributed by atoms with E-state index in [-0.39, 0.29) is 17.7 Å². The summed E-state index contributed by atoms with van der Waals surface area (Å²) >= 11 is 0. The number of anilines is 1. The number of nitrogens with zero attached hydrogens (tertiary/aromatic N) is 2. The zero-order valence-corrected chi connectivity index (χ0v) is 12.4. The molecule has 1 aliphatic heterocycles. The number of carbonyl (C=O) groups is 2. The van der Waals surface area contributed by atoms with Crippen LogP contribution in [0.25, 0.3) is 0 Å². The van der Waals surface area contributed by atoms with E-state index >= 15 is 0 Å². The Kier molecular flexibility index (Phi) is 4.42. The number of aryl methyl sites for hydroxylation is 1. The Morgan fingerprint density at radius 1 is 1.35 bits per heavy atom. The third-order valence-corrected chi connectivity index (χ3v) is 3.99. The number of carbonyl (C=O) groups excluding carboxylic acids is 2. The second kappa shape index (κ2) is 6.07. The van der Waals surface area contributed by atoms with E-state index in [9.17, 15) is 9.59 Å². The smallest absolute Gasteiger partial charge is 0.227 e. The van der Waals surface area contributed by atoms with Crippen LogP contribution in [-0.4, -0.2) is 36.9 Å². The van der Waals surface area contributed by atoms with E-state index in [1.54, 1.807) is 16.8 Å². The highest BCUT2D eigenvalue weighted by Crippen LogP contribution is 2.29. The summed E-state index contributed by atoms with van der Waals surface area (Å²) in [6.45, 7) is 5.19. The van der Waals surface area contributed by atoms with Gasteiger partial charge >= 0.3 is 0 Å². The van der Waals surface area contributed by atoms with E-state index in [2.05, 4.69) is 6.92 Å². The normalized spacial score (nSPS) is 18.4. The molecular formula is C16H22N2O2. The molecule has 4 heteroatoms. The lowest BCUT2D eigenvalue weighted by Crippen LogP contribution is -2.34. The summed E-state index contributed by atoms with van der Waals surface area (Å²) in [6.07, 6.45) is 1.20. The molecule has 1 atom stereocenters. The summed E-state index contributed by atoms with van der Waals surface area (Å²) in [5, 5.41) is 0. The highest BCUT2D eigenvalue weighted by atomic mass is 16.2. The van der Waals surface area contributed by atoms with Gasteiger partial charge in [0.25, 0.3) is 0 Å². The maximum Gasteiger partial charge on any atom is 0.227 e. The van der Waals surface area contributed by atoms with Crippen LogP contribution in [0.3, 0.4) is 0 Å². The van der Waals surface area contributed by atoms with Crippen LogP contribution < -0.4 is 4.90 Å². The molecule has 1 aromatic carbocycles. The summed E-state index contributed by atoms with van der Waals surface area (Å²) < 4.78 is 0. The lowest BCUT2D eigenvalue weighted by atomic mass is 10.1. The molecule has 0 N–H and O–H groups in total. The predicted octanol–water partition coefficient (Wildman–Crippen LogP) is 2.08. The Morgan fingerprint density at radius 3 is 2.70 bits per heavy atom. The molecule has 20 heavy (non-hydrogen) atoms. The molecule has 4 nitrogen and oxygen atoms in total. The fourth-order valence-electron chi connectivity index (χ4n) is 2.65. The minimum absolute atomic E-state index is 0.0498. The van der Waals surface area contributed by atoms with Crippen molar-refractivity contribution in [1.82, 2.24) is 4.90 Å². The van der Waals surface area contributed by atoms with Gasteiger partial charge in [0.05, 0.1) is 5.92 Å². The summed E-state index contributed by atoms with van der Waals surface area (Å²) in [6, 6.07) is 7.93. The van der Waals surface area contributed by atoms with E-state index < -0.39 is 0 Å². The van der Waals surface area contributed by atoms with Crippen LogP contribution in [-0.2, 0) is 16.0 Å². The second-order valence-corrected chi connectivity index (χ2v) is 5.24. The van der Waals surface area contributed by atoms with Gasteiger partial charge in [0, 0.05) is 32.2 Å². The van der Waals surface area contributed by atoms with Gasteiger partial charge in [-0.2, -0.15) is 0 Å². The highest BCUT2D eigenvalue weighted by molar-refractivity contribution is 6.00. The third-order valence-electron chi connectivity index (χ3n) is 3.99. The van der Waals surface area contributed by atoms with Crippen LogP contribution in [0.15, 0.2) is 24.3 Å². The molecule has 0 aromatic heterocycles. The van der Waals surface area contributed by atoms with Gasteiger partial charge in [-0.3, -0.25) is 9.59 Å². The molecule has 1 unspecified atom stereocenters. The summed E-state index contributed by atoms with van der Waals surface area (Å²) in [5.74, 6) is -0.0940. The highest BCUT2D eigenvalue weighted by Gasteiger charge is 2.36. The fourth-order valence-corrected chi connectivity index (χ4v) is 2.65. The number of hydrogen-bond donors (Lipinski definition) is 0. The zero-order chi connectivity index (χ0) is 14.7. The van der Waals surface area contributed by atoms with Crippen molar-refractivity contribution < 1.29 is 9.59 Å². The fraction of sp³-hybridized carbons (Fsp3) is 0.500. The Labute approximate surface area is 120 Å². The van der Waals surface area contributed by atoms with Crippen LogP contribution in [0.2, 0.25) is 0 Å². The number of para-hydroxylation sites is 1. The molecule has 108 valence electrons. The Morgan fingerprint density at radius 2 is 2.05 bits per heavy atom. The molecule has 0 spiro atoms. The Bertz CT molecular complexity index is 513. The average molecular weight is 274 g/mol. The standard InChI is InChI=1S/C16H22N2O2/c1-4-12-8-6-7-9-14(12)18-11-13(10-15(18)19)16(20)17(3)5-2/h6-9,13H,4-5,10-11H2,1-3H3. The first-order chi connectivity index (χ1) is 9.58. The van der Waals surface area contributed by atoms with E-state index in [0.717, 1.165) is 17.7 Å². The van der Waals surface area contributed by atoms with E-state index in [0.29, 0.717) is 19.5 Å². The van der Waals surface area contributed by atoms with Gasteiger partial charge in [-0.15, -0.1) is 0 Å². The molecule has 2 rings (SSSR count). The lowest BCUT2D eigenvalue weighted by Gasteiger charge is -2.21. The first kappa shape index (κ1) is 14.6. The average Bonchev–Trinajstić information content (AvgIpc) is 2.87. The van der Waals surface area contributed by atoms with Gasteiger partial charge in [0.2, 0.25) is 11.8 Å². The van der Waals surface area contributed by atoms with Crippen molar-refractivity contribution in [3.8, 4) is 0 Å². The van der Waals surface area contributed by atoms with Crippen molar-refractivity contribution in [2.75, 3.05) is 25.0 Å². The van der Waals surface area contributed by atoms with Crippen LogP contribution in [0.4, 0.5) is 5.69 Å². The quantitative estimate of drug-likeness (QED) is 0.843. The van der Waals surface area contributed by atoms with E-state index in [1.165, 1.54) is 0 Å². The topological polar surface area (TPSA) is 40.6 Å². The minimum atomic E-state index is -0.211. The molecule has 0 bridgehead atoms. The van der Waals surface area contributed by atoms with Crippen molar-refractivity contribution in [2.24, 2.45) is 5.92 Å². The molecule has 0 radical (unpaired) electrons. The van der Waals surface area contributed by atoms with Crippen LogP contribution in [0.1, 0.15) is 25.8 Å². The molecule has 1 aliphatic rings. The van der Waals surface area contributed by atoms with E-state index in [1.807, 2.05) is 31.2 Å². The Balaban J connectivity index is 2.19. The Hall–Kier alpha value is -1.84. The van der Waals surface area contributed by atoms with Crippen molar-refractivity contribution in [3.05, 3.63) is 29.8 Å². The van der Waals surface area contributed by atoms with Crippen molar-refractivity contribution in [1.29, 1.82) is 0 Å². The maximum atomic E-state index is 12.2. The first-order valence-electron chi connectivity index (χ1n) is 7.21. The minimum Gasteiger partial charge on any atom is -0.346 e. The molecule has 0 aliphatic carbocycles. The SMILES string of the molecule is CCc1ccccc1N1CC(C(=O)N(C)CC)CC1=O. The predicted molar refractivity (Wildman–Crippen MR) is 79.6 cm³/mol. The van der Waals surface area contributed by atoms with Gasteiger partial charge < -0.3 is 9.80 Å². The van der Waals surface area contributed by atoms with Crippen LogP contribution in [0, 0.1) is 5.92 Å². The van der Waals surface area contributed by atoms with Gasteiger partial charge in [-0.05, 0) is 25.0 Å². The number of hydrogen-bond acceptors (Lipinski definition) is 2. The van der Waals surface area contributed by atoms with Crippen molar-refractivity contribution in [2.45, 2.75) is 26.7 Å². The number of rotatable bonds is 4. The summed E-state index contributed by atoms with van der Waals surface area (Å²) in [4.78, 5) is 27.9. The molecule has 1 heterocycles. The van der Waals surface area contributed by atoms with E-state index in [4.69, 9.17) is 0 Å². The number of benzene rings is 1. The van der Waals surface area contributed by atoms with Gasteiger partial charge in [0.1, 0.15) is 0 Å². The molecule has 1 fully saturated rings. The molecule has 1 saturated heterocycles. The zero-order valence-electron chi connectivity index (χ0n) is 12.4. The summed E-state index contributed by atoms with van der Waals surface area (Å²) in [5.41, 5.74) is 2.10. The lowest BCUT2D eigenvalue weighted by molar-refractivity contribution is -0.134. The monoisotopic (exact) mass is 274 g/mol. The largest absolute Gasteiger partial charge is 0.346 e. The first-order valence-corrected chi connectivity index (χ1v) is 7.21. The van der Waals surface area contributed by atoms with Gasteiger partial charge in [0.15, 0.2) is 0 Å². The molecule has 2 amide bonds. The number of amides is 2. The molecule has 1 aromatic rings. The van der Waals surface area contributed by atoms with Crippen LogP contribution in [0.5, 0.6) is 0 Å². The molecular weight excluding hydrogens is 252 g/mol. The summed E-state index contributed by atoms with van der Waals surface area (Å²) in [7, 11) is 1.79. The van der Waals surface area contributed by atoms with Gasteiger partial charge in [-0.25, -0.2) is 0 Å². The van der Waals surface area contributed by atoms with Crippen LogP contribution >= 0.6 is 0 Å². The third kappa shape index (κ3) is 2.69. The second-order valence-electron chi connectivity index (χ2n) is 5.24. The van der Waals surface area contributed by atoms with Crippen molar-refractivity contribution >= 4 is 17.5 Å². The van der Waals surface area contributed by atoms with Crippen molar-refractivity contribution in [3.63, 3.8) is 0 Å².